The van der Waals surface area contributed by atoms with Crippen LogP contribution in [0.3, 0.4) is 0 Å². The second-order valence-corrected chi connectivity index (χ2v) is 5.98. The van der Waals surface area contributed by atoms with E-state index < -0.39 is 5.60 Å². The Kier molecular flexibility index (Phi) is 5.62. The van der Waals surface area contributed by atoms with Crippen molar-refractivity contribution in [2.45, 2.75) is 23.3 Å². The van der Waals surface area contributed by atoms with Crippen LogP contribution in [0.1, 0.15) is 23.2 Å². The molecule has 2 N–H and O–H groups in total. The summed E-state index contributed by atoms with van der Waals surface area (Å²) in [5, 5.41) is 21.8. The van der Waals surface area contributed by atoms with Crippen molar-refractivity contribution in [1.29, 1.82) is 5.26 Å². The van der Waals surface area contributed by atoms with E-state index in [1.54, 1.807) is 12.1 Å². The van der Waals surface area contributed by atoms with Crippen LogP contribution in [-0.4, -0.2) is 42.1 Å². The number of carbonyl (C=O) groups excluding carboxylic acids is 1. The van der Waals surface area contributed by atoms with Crippen molar-refractivity contribution < 1.29 is 14.6 Å². The Labute approximate surface area is 128 Å². The fourth-order valence-electron chi connectivity index (χ4n) is 2.16. The molecular formula is C15H18N2O3S. The second-order valence-electron chi connectivity index (χ2n) is 4.96. The minimum Gasteiger partial charge on any atom is -0.388 e. The van der Waals surface area contributed by atoms with Gasteiger partial charge in [-0.3, -0.25) is 4.79 Å². The van der Waals surface area contributed by atoms with Crippen molar-refractivity contribution in [2.75, 3.05) is 25.5 Å². The zero-order chi connectivity index (χ0) is 15.1. The van der Waals surface area contributed by atoms with Crippen LogP contribution in [-0.2, 0) is 4.74 Å². The average Bonchev–Trinajstić information content (AvgIpc) is 2.52. The number of thioether (sulfide) groups is 1. The maximum absolute atomic E-state index is 12.3. The van der Waals surface area contributed by atoms with Gasteiger partial charge in [0.2, 0.25) is 0 Å². The highest BCUT2D eigenvalue weighted by molar-refractivity contribution is 7.99. The molecule has 1 aliphatic heterocycles. The number of benzene rings is 1. The Balaban J connectivity index is 1.98. The van der Waals surface area contributed by atoms with Crippen LogP contribution in [0, 0.1) is 11.3 Å². The summed E-state index contributed by atoms with van der Waals surface area (Å²) in [5.41, 5.74) is -0.351. The average molecular weight is 306 g/mol. The van der Waals surface area contributed by atoms with E-state index in [9.17, 15) is 9.90 Å². The van der Waals surface area contributed by atoms with Crippen LogP contribution in [0.25, 0.3) is 0 Å². The van der Waals surface area contributed by atoms with Gasteiger partial charge in [-0.05, 0) is 12.1 Å². The van der Waals surface area contributed by atoms with Gasteiger partial charge >= 0.3 is 0 Å². The number of nitrogens with one attached hydrogen (secondary N) is 1. The normalized spacial score (nSPS) is 17.0. The van der Waals surface area contributed by atoms with Crippen LogP contribution in [0.5, 0.6) is 0 Å². The van der Waals surface area contributed by atoms with Crippen molar-refractivity contribution in [1.82, 2.24) is 5.32 Å². The molecule has 0 radical (unpaired) electrons. The third kappa shape index (κ3) is 4.46. The Morgan fingerprint density at radius 2 is 2.14 bits per heavy atom. The van der Waals surface area contributed by atoms with E-state index in [2.05, 4.69) is 5.32 Å². The first-order valence-corrected chi connectivity index (χ1v) is 7.80. The van der Waals surface area contributed by atoms with E-state index in [0.717, 1.165) is 4.90 Å². The molecule has 1 saturated heterocycles. The molecule has 0 bridgehead atoms. The van der Waals surface area contributed by atoms with Gasteiger partial charge in [0.05, 0.1) is 23.0 Å². The minimum absolute atomic E-state index is 0.215. The molecule has 0 saturated carbocycles. The lowest BCUT2D eigenvalue weighted by molar-refractivity contribution is -0.0605. The van der Waals surface area contributed by atoms with Gasteiger partial charge in [0.15, 0.2) is 0 Å². The summed E-state index contributed by atoms with van der Waals surface area (Å²) in [5.74, 6) is 0.0712. The molecule has 2 rings (SSSR count). The fourth-order valence-corrected chi connectivity index (χ4v) is 2.87. The van der Waals surface area contributed by atoms with Crippen molar-refractivity contribution in [3.05, 3.63) is 29.8 Å². The van der Waals surface area contributed by atoms with Gasteiger partial charge < -0.3 is 15.2 Å². The van der Waals surface area contributed by atoms with E-state index in [1.165, 1.54) is 11.8 Å². The van der Waals surface area contributed by atoms with E-state index >= 15 is 0 Å². The molecule has 21 heavy (non-hydrogen) atoms. The van der Waals surface area contributed by atoms with E-state index in [-0.39, 0.29) is 12.5 Å². The van der Waals surface area contributed by atoms with E-state index in [4.69, 9.17) is 10.00 Å². The summed E-state index contributed by atoms with van der Waals surface area (Å²) >= 11 is 1.33. The topological polar surface area (TPSA) is 82.4 Å². The first kappa shape index (κ1) is 15.8. The maximum atomic E-state index is 12.3. The van der Waals surface area contributed by atoms with E-state index in [1.807, 2.05) is 18.2 Å². The molecule has 1 aromatic carbocycles. The Morgan fingerprint density at radius 1 is 1.43 bits per heavy atom. The van der Waals surface area contributed by atoms with E-state index in [0.29, 0.717) is 37.4 Å². The first-order valence-electron chi connectivity index (χ1n) is 6.82. The lowest BCUT2D eigenvalue weighted by Gasteiger charge is -2.32. The van der Waals surface area contributed by atoms with Gasteiger partial charge in [0, 0.05) is 37.5 Å². The standard InChI is InChI=1S/C15H18N2O3S/c16-7-10-21-13-4-2-1-3-12(13)14(18)17-11-15(19)5-8-20-9-6-15/h1-4,19H,5-6,8-11H2,(H,17,18). The summed E-state index contributed by atoms with van der Waals surface area (Å²) in [6, 6.07) is 9.22. The quantitative estimate of drug-likeness (QED) is 0.807. The number of ether oxygens (including phenoxy) is 1. The van der Waals surface area contributed by atoms with Crippen LogP contribution >= 0.6 is 11.8 Å². The molecule has 1 fully saturated rings. The van der Waals surface area contributed by atoms with Crippen LogP contribution in [0.4, 0.5) is 0 Å². The van der Waals surface area contributed by atoms with Crippen molar-refractivity contribution in [2.24, 2.45) is 0 Å². The molecule has 0 aliphatic carbocycles. The second kappa shape index (κ2) is 7.46. The summed E-state index contributed by atoms with van der Waals surface area (Å²) in [7, 11) is 0. The van der Waals surface area contributed by atoms with Crippen molar-refractivity contribution in [3.8, 4) is 6.07 Å². The number of aliphatic hydroxyl groups is 1. The third-order valence-corrected chi connectivity index (χ3v) is 4.37. The summed E-state index contributed by atoms with van der Waals surface area (Å²) < 4.78 is 5.21. The lowest BCUT2D eigenvalue weighted by atomic mass is 9.94. The number of nitrogens with zero attached hydrogens (tertiary/aromatic N) is 1. The molecule has 5 nitrogen and oxygen atoms in total. The Bertz CT molecular complexity index is 536. The highest BCUT2D eigenvalue weighted by Crippen LogP contribution is 2.23. The molecule has 1 heterocycles. The first-order chi connectivity index (χ1) is 10.1. The zero-order valence-corrected chi connectivity index (χ0v) is 12.5. The van der Waals surface area contributed by atoms with Crippen LogP contribution < -0.4 is 5.32 Å². The Hall–Kier alpha value is -1.55. The Morgan fingerprint density at radius 3 is 2.86 bits per heavy atom. The highest BCUT2D eigenvalue weighted by atomic mass is 32.2. The smallest absolute Gasteiger partial charge is 0.252 e. The highest BCUT2D eigenvalue weighted by Gasteiger charge is 2.30. The van der Waals surface area contributed by atoms with Crippen LogP contribution in [0.2, 0.25) is 0 Å². The predicted octanol–water partition coefficient (Wildman–Crippen LogP) is 1.57. The summed E-state index contributed by atoms with van der Waals surface area (Å²) in [6.45, 7) is 1.24. The molecule has 112 valence electrons. The largest absolute Gasteiger partial charge is 0.388 e. The minimum atomic E-state index is -0.886. The van der Waals surface area contributed by atoms with Crippen LogP contribution in [0.15, 0.2) is 29.2 Å². The number of amides is 1. The monoisotopic (exact) mass is 306 g/mol. The summed E-state index contributed by atoms with van der Waals surface area (Å²) in [6.07, 6.45) is 1.05. The molecule has 0 unspecified atom stereocenters. The number of nitriles is 1. The molecular weight excluding hydrogens is 288 g/mol. The molecule has 0 aromatic heterocycles. The molecule has 1 aliphatic rings. The molecule has 0 atom stereocenters. The predicted molar refractivity (Wildman–Crippen MR) is 80.1 cm³/mol. The summed E-state index contributed by atoms with van der Waals surface area (Å²) in [4.78, 5) is 13.0. The van der Waals surface area contributed by atoms with Gasteiger partial charge in [-0.25, -0.2) is 0 Å². The maximum Gasteiger partial charge on any atom is 0.252 e. The molecule has 6 heteroatoms. The number of rotatable bonds is 5. The molecule has 1 aromatic rings. The van der Waals surface area contributed by atoms with Gasteiger partial charge in [0.1, 0.15) is 0 Å². The van der Waals surface area contributed by atoms with Gasteiger partial charge in [-0.15, -0.1) is 11.8 Å². The molecule has 1 amide bonds. The molecule has 0 spiro atoms. The number of hydrogen-bond acceptors (Lipinski definition) is 5. The van der Waals surface area contributed by atoms with Gasteiger partial charge in [-0.1, -0.05) is 12.1 Å². The number of hydrogen-bond donors (Lipinski definition) is 2. The number of carbonyl (C=O) groups is 1. The third-order valence-electron chi connectivity index (χ3n) is 3.43. The zero-order valence-electron chi connectivity index (χ0n) is 11.7. The fraction of sp³-hybridized carbons (Fsp3) is 0.467. The lowest BCUT2D eigenvalue weighted by Crippen LogP contribution is -2.46. The van der Waals surface area contributed by atoms with Crippen molar-refractivity contribution >= 4 is 17.7 Å². The van der Waals surface area contributed by atoms with Crippen molar-refractivity contribution in [3.63, 3.8) is 0 Å². The van der Waals surface area contributed by atoms with Gasteiger partial charge in [0.25, 0.3) is 5.91 Å². The SMILES string of the molecule is N#CCSc1ccccc1C(=O)NCC1(O)CCOCC1. The van der Waals surface area contributed by atoms with Gasteiger partial charge in [-0.2, -0.15) is 5.26 Å².